The molecule has 1 rings (SSSR count). The molecule has 0 aromatic carbocycles. The molecular weight excluding hydrogens is 168 g/mol. The second-order valence-corrected chi connectivity index (χ2v) is 3.04. The van der Waals surface area contributed by atoms with Gasteiger partial charge in [-0.05, 0) is 6.92 Å². The average Bonchev–Trinajstić information content (AvgIpc) is 2.55. The van der Waals surface area contributed by atoms with Crippen molar-refractivity contribution in [2.45, 2.75) is 13.0 Å². The summed E-state index contributed by atoms with van der Waals surface area (Å²) in [5.74, 6) is 0.759. The molecule has 5 heteroatoms. The summed E-state index contributed by atoms with van der Waals surface area (Å²) in [6, 6.07) is -0.214. The van der Waals surface area contributed by atoms with Crippen LogP contribution in [-0.4, -0.2) is 35.0 Å². The van der Waals surface area contributed by atoms with Crippen molar-refractivity contribution in [3.63, 3.8) is 0 Å². The summed E-state index contributed by atoms with van der Waals surface area (Å²) in [5, 5.41) is 2.77. The van der Waals surface area contributed by atoms with E-state index in [1.807, 2.05) is 6.92 Å². The van der Waals surface area contributed by atoms with E-state index in [9.17, 15) is 4.79 Å². The summed E-state index contributed by atoms with van der Waals surface area (Å²) >= 11 is 0. The Morgan fingerprint density at radius 1 is 1.69 bits per heavy atom. The fourth-order valence-corrected chi connectivity index (χ4v) is 0.897. The van der Waals surface area contributed by atoms with Crippen molar-refractivity contribution >= 4 is 6.03 Å². The number of aromatic amines is 1. The van der Waals surface area contributed by atoms with Gasteiger partial charge in [0.25, 0.3) is 0 Å². The summed E-state index contributed by atoms with van der Waals surface area (Å²) in [7, 11) is 3.40. The molecule has 72 valence electrons. The van der Waals surface area contributed by atoms with E-state index in [1.54, 1.807) is 26.5 Å². The predicted octanol–water partition coefficient (Wildman–Crippen LogP) is 0.742. The Kier molecular flexibility index (Phi) is 2.89. The Hall–Kier alpha value is -1.52. The molecule has 1 heterocycles. The second-order valence-electron chi connectivity index (χ2n) is 3.04. The van der Waals surface area contributed by atoms with Crippen molar-refractivity contribution in [3.8, 4) is 0 Å². The van der Waals surface area contributed by atoms with Crippen LogP contribution in [0.3, 0.4) is 0 Å². The van der Waals surface area contributed by atoms with Gasteiger partial charge in [-0.25, -0.2) is 9.78 Å². The van der Waals surface area contributed by atoms with E-state index >= 15 is 0 Å². The molecule has 5 nitrogen and oxygen atoms in total. The highest BCUT2D eigenvalue weighted by atomic mass is 16.2. The van der Waals surface area contributed by atoms with Crippen LogP contribution in [0, 0.1) is 0 Å². The highest BCUT2D eigenvalue weighted by Crippen LogP contribution is 2.04. The van der Waals surface area contributed by atoms with Gasteiger partial charge in [-0.2, -0.15) is 0 Å². The van der Waals surface area contributed by atoms with Crippen molar-refractivity contribution in [2.75, 3.05) is 14.1 Å². The molecule has 0 aliphatic carbocycles. The summed E-state index contributed by atoms with van der Waals surface area (Å²) < 4.78 is 0. The molecule has 0 spiro atoms. The minimum atomic E-state index is -0.121. The van der Waals surface area contributed by atoms with Gasteiger partial charge in [0.2, 0.25) is 0 Å². The van der Waals surface area contributed by atoms with E-state index < -0.39 is 0 Å². The number of H-pyrrole nitrogens is 1. The molecule has 0 aliphatic heterocycles. The molecule has 0 bridgehead atoms. The smallest absolute Gasteiger partial charge is 0.317 e. The Bertz CT molecular complexity index is 268. The van der Waals surface area contributed by atoms with Crippen LogP contribution in [0.25, 0.3) is 0 Å². The number of carbonyl (C=O) groups is 1. The lowest BCUT2D eigenvalue weighted by Gasteiger charge is -2.15. The van der Waals surface area contributed by atoms with Crippen LogP contribution < -0.4 is 5.32 Å². The number of aromatic nitrogens is 2. The monoisotopic (exact) mass is 182 g/mol. The lowest BCUT2D eigenvalue weighted by Crippen LogP contribution is -2.36. The number of amides is 2. The quantitative estimate of drug-likeness (QED) is 0.708. The van der Waals surface area contributed by atoms with Crippen LogP contribution in [0.4, 0.5) is 4.79 Å². The first kappa shape index (κ1) is 9.57. The normalized spacial score (nSPS) is 12.2. The summed E-state index contributed by atoms with van der Waals surface area (Å²) in [6.45, 7) is 1.88. The fraction of sp³-hybridized carbons (Fsp3) is 0.500. The average molecular weight is 182 g/mol. The van der Waals surface area contributed by atoms with Gasteiger partial charge < -0.3 is 15.2 Å². The Balaban J connectivity index is 2.51. The van der Waals surface area contributed by atoms with Crippen LogP contribution in [0.1, 0.15) is 18.8 Å². The highest BCUT2D eigenvalue weighted by Gasteiger charge is 2.11. The molecule has 2 N–H and O–H groups in total. The molecule has 0 aliphatic rings. The van der Waals surface area contributed by atoms with E-state index in [2.05, 4.69) is 15.3 Å². The molecule has 0 radical (unpaired) electrons. The number of imidazole rings is 1. The Morgan fingerprint density at radius 2 is 2.38 bits per heavy atom. The largest absolute Gasteiger partial charge is 0.347 e. The highest BCUT2D eigenvalue weighted by molar-refractivity contribution is 5.73. The first-order chi connectivity index (χ1) is 6.11. The van der Waals surface area contributed by atoms with Gasteiger partial charge in [0.15, 0.2) is 0 Å². The molecule has 1 atom stereocenters. The third-order valence-corrected chi connectivity index (χ3v) is 1.68. The van der Waals surface area contributed by atoms with E-state index in [-0.39, 0.29) is 12.1 Å². The standard InChI is InChI=1S/C8H14N4O/c1-6(7-9-4-5-10-7)11-8(13)12(2)3/h4-6H,1-3H3,(H,9,10)(H,11,13). The van der Waals surface area contributed by atoms with Gasteiger partial charge in [0.1, 0.15) is 5.82 Å². The van der Waals surface area contributed by atoms with Gasteiger partial charge in [0, 0.05) is 26.5 Å². The molecule has 1 unspecified atom stereocenters. The lowest BCUT2D eigenvalue weighted by molar-refractivity contribution is 0.213. The first-order valence-corrected chi connectivity index (χ1v) is 4.08. The summed E-state index contributed by atoms with van der Waals surface area (Å²) in [6.07, 6.45) is 3.39. The fourth-order valence-electron chi connectivity index (χ4n) is 0.897. The van der Waals surface area contributed by atoms with Gasteiger partial charge in [-0.15, -0.1) is 0 Å². The minimum absolute atomic E-state index is 0.0927. The lowest BCUT2D eigenvalue weighted by atomic mass is 10.3. The number of urea groups is 1. The van der Waals surface area contributed by atoms with E-state index in [1.165, 1.54) is 4.90 Å². The zero-order chi connectivity index (χ0) is 9.84. The molecule has 0 fully saturated rings. The topological polar surface area (TPSA) is 61.0 Å². The van der Waals surface area contributed by atoms with E-state index in [4.69, 9.17) is 0 Å². The number of carbonyl (C=O) groups excluding carboxylic acids is 1. The Morgan fingerprint density at radius 3 is 2.85 bits per heavy atom. The van der Waals surface area contributed by atoms with E-state index in [0.717, 1.165) is 5.82 Å². The molecule has 13 heavy (non-hydrogen) atoms. The van der Waals surface area contributed by atoms with Crippen LogP contribution >= 0.6 is 0 Å². The minimum Gasteiger partial charge on any atom is -0.347 e. The van der Waals surface area contributed by atoms with Crippen LogP contribution in [0.5, 0.6) is 0 Å². The zero-order valence-electron chi connectivity index (χ0n) is 8.03. The number of nitrogens with zero attached hydrogens (tertiary/aromatic N) is 2. The first-order valence-electron chi connectivity index (χ1n) is 4.08. The Labute approximate surface area is 77.2 Å². The number of hydrogen-bond donors (Lipinski definition) is 2. The third kappa shape index (κ3) is 2.47. The van der Waals surface area contributed by atoms with Gasteiger partial charge >= 0.3 is 6.03 Å². The summed E-state index contributed by atoms with van der Waals surface area (Å²) in [4.78, 5) is 19.7. The second kappa shape index (κ2) is 3.93. The van der Waals surface area contributed by atoms with Gasteiger partial charge in [-0.3, -0.25) is 0 Å². The zero-order valence-corrected chi connectivity index (χ0v) is 8.03. The van der Waals surface area contributed by atoms with Crippen molar-refractivity contribution in [1.29, 1.82) is 0 Å². The van der Waals surface area contributed by atoms with Crippen molar-refractivity contribution in [2.24, 2.45) is 0 Å². The summed E-state index contributed by atoms with van der Waals surface area (Å²) in [5.41, 5.74) is 0. The third-order valence-electron chi connectivity index (χ3n) is 1.68. The number of hydrogen-bond acceptors (Lipinski definition) is 2. The maximum atomic E-state index is 11.2. The number of nitrogens with one attached hydrogen (secondary N) is 2. The maximum Gasteiger partial charge on any atom is 0.317 e. The van der Waals surface area contributed by atoms with Crippen molar-refractivity contribution < 1.29 is 4.79 Å². The van der Waals surface area contributed by atoms with Gasteiger partial charge in [-0.1, -0.05) is 0 Å². The van der Waals surface area contributed by atoms with E-state index in [0.29, 0.717) is 0 Å². The molecule has 1 aromatic heterocycles. The SMILES string of the molecule is CC(NC(=O)N(C)C)c1ncc[nH]1. The van der Waals surface area contributed by atoms with Crippen LogP contribution in [-0.2, 0) is 0 Å². The van der Waals surface area contributed by atoms with Crippen molar-refractivity contribution in [1.82, 2.24) is 20.2 Å². The molecule has 0 saturated carbocycles. The molecule has 1 aromatic rings. The molecule has 0 saturated heterocycles. The predicted molar refractivity (Wildman–Crippen MR) is 49.2 cm³/mol. The van der Waals surface area contributed by atoms with Crippen molar-refractivity contribution in [3.05, 3.63) is 18.2 Å². The number of rotatable bonds is 2. The van der Waals surface area contributed by atoms with Gasteiger partial charge in [0.05, 0.1) is 6.04 Å². The molecular formula is C8H14N4O. The van der Waals surface area contributed by atoms with Crippen LogP contribution in [0.15, 0.2) is 12.4 Å². The molecule has 2 amide bonds. The van der Waals surface area contributed by atoms with Crippen LogP contribution in [0.2, 0.25) is 0 Å². The maximum absolute atomic E-state index is 11.2.